The molecule has 3 aromatic carbocycles. The Bertz CT molecular complexity index is 1000. The van der Waals surface area contributed by atoms with Crippen LogP contribution < -0.4 is 10.4 Å². The fourth-order valence-electron chi connectivity index (χ4n) is 2.88. The van der Waals surface area contributed by atoms with Crippen molar-refractivity contribution in [2.24, 2.45) is 0 Å². The van der Waals surface area contributed by atoms with Crippen molar-refractivity contribution in [3.8, 4) is 0 Å². The summed E-state index contributed by atoms with van der Waals surface area (Å²) in [6.07, 6.45) is 0. The van der Waals surface area contributed by atoms with Gasteiger partial charge in [-0.1, -0.05) is 70.5 Å². The van der Waals surface area contributed by atoms with E-state index in [2.05, 4.69) is 26.1 Å². The minimum Gasteiger partial charge on any atom is -0.545 e. The number of carbonyl (C=O) groups is 1. The molecule has 4 nitrogen and oxygen atoms in total. The minimum atomic E-state index is -1.18. The second-order valence-electron chi connectivity index (χ2n) is 6.71. The maximum atomic E-state index is 11.0. The molecule has 0 aliphatic heterocycles. The normalized spacial score (nSPS) is 10.4. The highest BCUT2D eigenvalue weighted by molar-refractivity contribution is 9.10. The number of thiocarbonyl (C=S) groups is 1. The van der Waals surface area contributed by atoms with Crippen LogP contribution in [0.3, 0.4) is 0 Å². The lowest BCUT2D eigenvalue weighted by atomic mass is 10.1. The molecule has 0 spiro atoms. The van der Waals surface area contributed by atoms with Gasteiger partial charge >= 0.3 is 0 Å². The quantitative estimate of drug-likeness (QED) is 0.540. The van der Waals surface area contributed by atoms with E-state index < -0.39 is 5.97 Å². The van der Waals surface area contributed by atoms with Crippen molar-refractivity contribution in [2.45, 2.75) is 20.0 Å². The molecule has 0 unspecified atom stereocenters. The van der Waals surface area contributed by atoms with Crippen LogP contribution in [0.5, 0.6) is 0 Å². The van der Waals surface area contributed by atoms with Crippen LogP contribution in [-0.4, -0.2) is 16.0 Å². The van der Waals surface area contributed by atoms with Crippen LogP contribution in [0.4, 0.5) is 5.69 Å². The van der Waals surface area contributed by atoms with Gasteiger partial charge in [0, 0.05) is 23.2 Å². The van der Waals surface area contributed by atoms with E-state index in [-0.39, 0.29) is 5.56 Å². The minimum absolute atomic E-state index is 0.161. The van der Waals surface area contributed by atoms with Crippen molar-refractivity contribution in [2.75, 3.05) is 5.32 Å². The van der Waals surface area contributed by atoms with Crippen LogP contribution in [-0.2, 0) is 13.1 Å². The first kappa shape index (κ1) is 21.0. The molecule has 0 heterocycles. The number of hydrogen-bond donors (Lipinski definition) is 1. The number of benzene rings is 3. The first-order valence-corrected chi connectivity index (χ1v) is 10.3. The molecular weight excluding hydrogens is 448 g/mol. The van der Waals surface area contributed by atoms with Crippen LogP contribution in [0.2, 0.25) is 0 Å². The predicted octanol–water partition coefficient (Wildman–Crippen LogP) is 4.52. The number of nitrogens with one attached hydrogen (secondary N) is 1. The monoisotopic (exact) mass is 467 g/mol. The molecule has 6 heteroatoms. The zero-order valence-electron chi connectivity index (χ0n) is 15.9. The molecule has 0 radical (unpaired) electrons. The smallest absolute Gasteiger partial charge is 0.174 e. The van der Waals surface area contributed by atoms with Gasteiger partial charge in [0.1, 0.15) is 0 Å². The number of rotatable bonds is 6. The van der Waals surface area contributed by atoms with Crippen LogP contribution in [0.15, 0.2) is 77.3 Å². The standard InChI is InChI=1S/C23H21BrN2O2S/c1-16-4-2-3-5-21(16)25-23(29)26(15-18-8-12-20(24)13-9-18)14-17-6-10-19(11-7-17)22(27)28/h2-13H,14-15H2,1H3,(H,25,29)(H,27,28)/p-1. The summed E-state index contributed by atoms with van der Waals surface area (Å²) < 4.78 is 1.02. The van der Waals surface area contributed by atoms with E-state index in [4.69, 9.17) is 12.2 Å². The van der Waals surface area contributed by atoms with Crippen molar-refractivity contribution >= 4 is 44.9 Å². The fraction of sp³-hybridized carbons (Fsp3) is 0.130. The molecule has 0 bridgehead atoms. The highest BCUT2D eigenvalue weighted by Gasteiger charge is 2.13. The molecule has 0 atom stereocenters. The van der Waals surface area contributed by atoms with Crippen molar-refractivity contribution in [3.05, 3.63) is 99.5 Å². The number of carboxylic acid groups (broad SMARTS) is 1. The van der Waals surface area contributed by atoms with Crippen LogP contribution >= 0.6 is 28.1 Å². The molecule has 0 amide bonds. The first-order chi connectivity index (χ1) is 13.9. The molecule has 3 aromatic rings. The number of para-hydroxylation sites is 1. The number of hydrogen-bond acceptors (Lipinski definition) is 3. The zero-order chi connectivity index (χ0) is 20.8. The molecule has 1 N–H and O–H groups in total. The molecule has 148 valence electrons. The average Bonchev–Trinajstić information content (AvgIpc) is 2.71. The number of aromatic carboxylic acids is 1. The molecule has 0 aliphatic carbocycles. The maximum Gasteiger partial charge on any atom is 0.174 e. The summed E-state index contributed by atoms with van der Waals surface area (Å²) >= 11 is 9.17. The van der Waals surface area contributed by atoms with Gasteiger partial charge in [0.2, 0.25) is 0 Å². The molecule has 29 heavy (non-hydrogen) atoms. The largest absolute Gasteiger partial charge is 0.545 e. The number of carboxylic acids is 1. The lowest BCUT2D eigenvalue weighted by Crippen LogP contribution is -2.34. The highest BCUT2D eigenvalue weighted by Crippen LogP contribution is 2.18. The highest BCUT2D eigenvalue weighted by atomic mass is 79.9. The van der Waals surface area contributed by atoms with Gasteiger partial charge in [0.15, 0.2) is 5.11 Å². The second kappa shape index (κ2) is 9.67. The zero-order valence-corrected chi connectivity index (χ0v) is 18.3. The predicted molar refractivity (Wildman–Crippen MR) is 122 cm³/mol. The summed E-state index contributed by atoms with van der Waals surface area (Å²) in [5.74, 6) is -1.18. The van der Waals surface area contributed by atoms with Crippen LogP contribution in [0.1, 0.15) is 27.0 Å². The third kappa shape index (κ3) is 5.89. The maximum absolute atomic E-state index is 11.0. The Morgan fingerprint density at radius 3 is 2.07 bits per heavy atom. The van der Waals surface area contributed by atoms with Gasteiger partial charge in [-0.25, -0.2) is 0 Å². The van der Waals surface area contributed by atoms with E-state index >= 15 is 0 Å². The Morgan fingerprint density at radius 2 is 1.52 bits per heavy atom. The molecule has 0 saturated heterocycles. The topological polar surface area (TPSA) is 55.4 Å². The Hall–Kier alpha value is -2.70. The van der Waals surface area contributed by atoms with E-state index in [1.165, 1.54) is 0 Å². The van der Waals surface area contributed by atoms with Crippen molar-refractivity contribution in [1.29, 1.82) is 0 Å². The summed E-state index contributed by atoms with van der Waals surface area (Å²) in [6.45, 7) is 3.19. The van der Waals surface area contributed by atoms with Crippen LogP contribution in [0, 0.1) is 6.92 Å². The Kier molecular flexibility index (Phi) is 7.01. The number of halogens is 1. The first-order valence-electron chi connectivity index (χ1n) is 9.08. The molecule has 0 aromatic heterocycles. The molecular formula is C23H20BrN2O2S-. The van der Waals surface area contributed by atoms with Gasteiger partial charge in [-0.15, -0.1) is 0 Å². The van der Waals surface area contributed by atoms with E-state index in [9.17, 15) is 9.90 Å². The number of anilines is 1. The lowest BCUT2D eigenvalue weighted by molar-refractivity contribution is -0.255. The lowest BCUT2D eigenvalue weighted by Gasteiger charge is -2.27. The summed E-state index contributed by atoms with van der Waals surface area (Å²) in [5, 5.41) is 14.9. The average molecular weight is 468 g/mol. The van der Waals surface area contributed by atoms with Crippen molar-refractivity contribution in [1.82, 2.24) is 4.90 Å². The van der Waals surface area contributed by atoms with Crippen molar-refractivity contribution in [3.63, 3.8) is 0 Å². The number of carbonyl (C=O) groups excluding carboxylic acids is 1. The van der Waals surface area contributed by atoms with Gasteiger partial charge in [-0.3, -0.25) is 0 Å². The van der Waals surface area contributed by atoms with Crippen molar-refractivity contribution < 1.29 is 9.90 Å². The van der Waals surface area contributed by atoms with E-state index in [0.717, 1.165) is 26.9 Å². The van der Waals surface area contributed by atoms with Gasteiger partial charge in [-0.05, 0) is 59.6 Å². The van der Waals surface area contributed by atoms with Crippen LogP contribution in [0.25, 0.3) is 0 Å². The Labute approximate surface area is 184 Å². The van der Waals surface area contributed by atoms with Gasteiger partial charge < -0.3 is 20.1 Å². The Morgan fingerprint density at radius 1 is 0.966 bits per heavy atom. The summed E-state index contributed by atoms with van der Waals surface area (Å²) in [4.78, 5) is 13.0. The van der Waals surface area contributed by atoms with Gasteiger partial charge in [0.05, 0.1) is 5.97 Å². The van der Waals surface area contributed by atoms with Gasteiger partial charge in [0.25, 0.3) is 0 Å². The third-order valence-corrected chi connectivity index (χ3v) is 5.41. The molecule has 0 aliphatic rings. The molecule has 0 fully saturated rings. The Balaban J connectivity index is 1.82. The van der Waals surface area contributed by atoms with E-state index in [0.29, 0.717) is 18.2 Å². The van der Waals surface area contributed by atoms with E-state index in [1.807, 2.05) is 55.5 Å². The molecule has 0 saturated carbocycles. The fourth-order valence-corrected chi connectivity index (χ4v) is 3.39. The van der Waals surface area contributed by atoms with Gasteiger partial charge in [-0.2, -0.15) is 0 Å². The third-order valence-electron chi connectivity index (χ3n) is 4.52. The number of nitrogens with zero attached hydrogens (tertiary/aromatic N) is 1. The molecule has 3 rings (SSSR count). The summed E-state index contributed by atoms with van der Waals surface area (Å²) in [5.41, 5.74) is 4.31. The summed E-state index contributed by atoms with van der Waals surface area (Å²) in [6, 6.07) is 22.8. The SMILES string of the molecule is Cc1ccccc1NC(=S)N(Cc1ccc(Br)cc1)Cc1ccc(C(=O)[O-])cc1. The second-order valence-corrected chi connectivity index (χ2v) is 8.01. The number of aryl methyl sites for hydroxylation is 1. The van der Waals surface area contributed by atoms with E-state index in [1.54, 1.807) is 24.3 Å². The summed E-state index contributed by atoms with van der Waals surface area (Å²) in [7, 11) is 0.